The first kappa shape index (κ1) is 22.4. The molecule has 6 rings (SSSR count). The lowest BCUT2D eigenvalue weighted by Crippen LogP contribution is -2.63. The second-order valence-corrected chi connectivity index (χ2v) is 12.0. The maximum absolute atomic E-state index is 6.36. The van der Waals surface area contributed by atoms with Crippen molar-refractivity contribution in [1.82, 2.24) is 5.32 Å². The second-order valence-electron chi connectivity index (χ2n) is 11.2. The molecule has 172 valence electrons. The first-order chi connectivity index (χ1) is 15.2. The van der Waals surface area contributed by atoms with Gasteiger partial charge in [-0.05, 0) is 73.5 Å². The normalized spacial score (nSPS) is 32.8. The van der Waals surface area contributed by atoms with Crippen molar-refractivity contribution in [2.45, 2.75) is 71.1 Å². The molecule has 0 spiro atoms. The third-order valence-electron chi connectivity index (χ3n) is 7.98. The van der Waals surface area contributed by atoms with Crippen molar-refractivity contribution in [3.05, 3.63) is 57.6 Å². The summed E-state index contributed by atoms with van der Waals surface area (Å²) in [5.74, 6) is 2.36. The number of benzene rings is 2. The van der Waals surface area contributed by atoms with Crippen LogP contribution in [-0.2, 0) is 13.2 Å². The van der Waals surface area contributed by atoms with Crippen LogP contribution in [0.25, 0.3) is 0 Å². The minimum Gasteiger partial charge on any atom is -0.493 e. The van der Waals surface area contributed by atoms with E-state index in [-0.39, 0.29) is 5.54 Å². The van der Waals surface area contributed by atoms with Crippen LogP contribution in [0.1, 0.15) is 63.5 Å². The third-order valence-corrected chi connectivity index (χ3v) is 8.69. The van der Waals surface area contributed by atoms with Crippen LogP contribution in [0, 0.1) is 16.7 Å². The molecule has 3 nitrogen and oxygen atoms in total. The molecule has 5 heteroatoms. The SMILES string of the molecule is COc1cccc(CNC23CC4CC(C)(CC(C)(C4)C2)C3)c1OCc1c(Cl)cccc1Cl. The van der Waals surface area contributed by atoms with Gasteiger partial charge >= 0.3 is 0 Å². The Kier molecular flexibility index (Phi) is 5.67. The van der Waals surface area contributed by atoms with Crippen molar-refractivity contribution in [2.24, 2.45) is 16.7 Å². The zero-order valence-corrected chi connectivity index (χ0v) is 20.8. The van der Waals surface area contributed by atoms with Gasteiger partial charge in [0.2, 0.25) is 0 Å². The molecule has 32 heavy (non-hydrogen) atoms. The Morgan fingerprint density at radius 3 is 2.22 bits per heavy atom. The molecule has 0 radical (unpaired) electrons. The molecule has 2 atom stereocenters. The van der Waals surface area contributed by atoms with Gasteiger partial charge in [-0.3, -0.25) is 0 Å². The Bertz CT molecular complexity index is 984. The number of nitrogens with one attached hydrogen (secondary N) is 1. The summed E-state index contributed by atoms with van der Waals surface area (Å²) >= 11 is 12.7. The summed E-state index contributed by atoms with van der Waals surface area (Å²) in [7, 11) is 1.68. The van der Waals surface area contributed by atoms with Gasteiger partial charge in [-0.2, -0.15) is 0 Å². The molecule has 0 amide bonds. The van der Waals surface area contributed by atoms with E-state index in [9.17, 15) is 0 Å². The quantitative estimate of drug-likeness (QED) is 0.453. The summed E-state index contributed by atoms with van der Waals surface area (Å²) in [5.41, 5.74) is 3.10. The summed E-state index contributed by atoms with van der Waals surface area (Å²) in [6, 6.07) is 11.6. The maximum Gasteiger partial charge on any atom is 0.166 e. The van der Waals surface area contributed by atoms with E-state index in [1.54, 1.807) is 7.11 Å². The van der Waals surface area contributed by atoms with E-state index in [1.165, 1.54) is 38.5 Å². The number of hydrogen-bond donors (Lipinski definition) is 1. The van der Waals surface area contributed by atoms with Crippen LogP contribution in [-0.4, -0.2) is 12.6 Å². The van der Waals surface area contributed by atoms with Gasteiger partial charge in [-0.25, -0.2) is 0 Å². The van der Waals surface area contributed by atoms with Gasteiger partial charge in [-0.15, -0.1) is 0 Å². The molecule has 2 aromatic carbocycles. The van der Waals surface area contributed by atoms with Crippen molar-refractivity contribution in [2.75, 3.05) is 7.11 Å². The maximum atomic E-state index is 6.36. The van der Waals surface area contributed by atoms with Gasteiger partial charge in [0.05, 0.1) is 7.11 Å². The van der Waals surface area contributed by atoms with Crippen LogP contribution in [0.5, 0.6) is 11.5 Å². The monoisotopic (exact) mass is 473 g/mol. The number of hydrogen-bond acceptors (Lipinski definition) is 3. The van der Waals surface area contributed by atoms with Crippen molar-refractivity contribution in [3.63, 3.8) is 0 Å². The Balaban J connectivity index is 1.37. The molecule has 0 heterocycles. The molecule has 4 aliphatic carbocycles. The van der Waals surface area contributed by atoms with Gasteiger partial charge in [0.1, 0.15) is 6.61 Å². The number of methoxy groups -OCH3 is 1. The van der Waals surface area contributed by atoms with Crippen molar-refractivity contribution >= 4 is 23.2 Å². The number of ether oxygens (including phenoxy) is 2. The largest absolute Gasteiger partial charge is 0.493 e. The lowest BCUT2D eigenvalue weighted by molar-refractivity contribution is -0.118. The van der Waals surface area contributed by atoms with Crippen LogP contribution in [0.3, 0.4) is 0 Å². The fourth-order valence-corrected chi connectivity index (χ4v) is 8.27. The zero-order chi connectivity index (χ0) is 22.6. The molecule has 4 saturated carbocycles. The zero-order valence-electron chi connectivity index (χ0n) is 19.3. The topological polar surface area (TPSA) is 30.5 Å². The van der Waals surface area contributed by atoms with Gasteiger partial charge in [-0.1, -0.05) is 55.2 Å². The van der Waals surface area contributed by atoms with Crippen LogP contribution >= 0.6 is 23.2 Å². The molecule has 2 aromatic rings. The first-order valence-electron chi connectivity index (χ1n) is 11.7. The predicted molar refractivity (Wildman–Crippen MR) is 131 cm³/mol. The van der Waals surface area contributed by atoms with Crippen LogP contribution in [0.15, 0.2) is 36.4 Å². The smallest absolute Gasteiger partial charge is 0.166 e. The van der Waals surface area contributed by atoms with E-state index < -0.39 is 0 Å². The fourth-order valence-electron chi connectivity index (χ4n) is 7.77. The fraction of sp³-hybridized carbons (Fsp3) is 0.556. The molecular formula is C27H33Cl2NO2. The Morgan fingerprint density at radius 1 is 0.938 bits per heavy atom. The van der Waals surface area contributed by atoms with Crippen LogP contribution in [0.4, 0.5) is 0 Å². The minimum absolute atomic E-state index is 0.231. The summed E-state index contributed by atoms with van der Waals surface area (Å²) in [5, 5.41) is 5.25. The van der Waals surface area contributed by atoms with Crippen LogP contribution < -0.4 is 14.8 Å². The predicted octanol–water partition coefficient (Wildman–Crippen LogP) is 7.42. The van der Waals surface area contributed by atoms with Crippen molar-refractivity contribution < 1.29 is 9.47 Å². The highest BCUT2D eigenvalue weighted by Gasteiger charge is 2.59. The van der Waals surface area contributed by atoms with Gasteiger partial charge < -0.3 is 14.8 Å². The molecule has 0 aromatic heterocycles. The highest BCUT2D eigenvalue weighted by Crippen LogP contribution is 2.66. The average Bonchev–Trinajstić information content (AvgIpc) is 2.69. The third kappa shape index (κ3) is 4.13. The van der Waals surface area contributed by atoms with E-state index >= 15 is 0 Å². The second kappa shape index (κ2) is 8.11. The Hall–Kier alpha value is -1.42. The molecule has 1 N–H and O–H groups in total. The number of para-hydroxylation sites is 1. The molecule has 4 bridgehead atoms. The Morgan fingerprint density at radius 2 is 1.59 bits per heavy atom. The molecular weight excluding hydrogens is 441 g/mol. The van der Waals surface area contributed by atoms with Gasteiger partial charge in [0, 0.05) is 33.3 Å². The average molecular weight is 474 g/mol. The standard InChI is InChI=1S/C27H33Cl2NO2/c1-25-10-18-11-26(2,15-25)17-27(12-18,16-25)30-13-19-6-4-9-23(31-3)24(19)32-14-20-21(28)7-5-8-22(20)29/h4-9,18,30H,10-17H2,1-3H3. The minimum atomic E-state index is 0.231. The van der Waals surface area contributed by atoms with Crippen molar-refractivity contribution in [3.8, 4) is 11.5 Å². The lowest BCUT2D eigenvalue weighted by atomic mass is 9.43. The van der Waals surface area contributed by atoms with E-state index in [2.05, 4.69) is 25.2 Å². The van der Waals surface area contributed by atoms with Gasteiger partial charge in [0.15, 0.2) is 11.5 Å². The summed E-state index contributed by atoms with van der Waals surface area (Å²) in [6.45, 7) is 6.09. The highest BCUT2D eigenvalue weighted by atomic mass is 35.5. The summed E-state index contributed by atoms with van der Waals surface area (Å²) in [4.78, 5) is 0. The summed E-state index contributed by atoms with van der Waals surface area (Å²) in [6.07, 6.45) is 8.04. The number of halogens is 2. The lowest BCUT2D eigenvalue weighted by Gasteiger charge is -2.65. The molecule has 0 saturated heterocycles. The van der Waals surface area contributed by atoms with Crippen LogP contribution in [0.2, 0.25) is 10.0 Å². The van der Waals surface area contributed by atoms with E-state index in [0.717, 1.165) is 35.1 Å². The van der Waals surface area contributed by atoms with E-state index in [4.69, 9.17) is 32.7 Å². The van der Waals surface area contributed by atoms with E-state index in [0.29, 0.717) is 27.5 Å². The number of rotatable bonds is 7. The summed E-state index contributed by atoms with van der Waals surface area (Å²) < 4.78 is 11.9. The van der Waals surface area contributed by atoms with E-state index in [1.807, 2.05) is 30.3 Å². The molecule has 0 aliphatic heterocycles. The van der Waals surface area contributed by atoms with Crippen molar-refractivity contribution in [1.29, 1.82) is 0 Å². The molecule has 4 fully saturated rings. The van der Waals surface area contributed by atoms with Gasteiger partial charge in [0.25, 0.3) is 0 Å². The molecule has 2 unspecified atom stereocenters. The highest BCUT2D eigenvalue weighted by molar-refractivity contribution is 6.35. The molecule has 4 aliphatic rings. The first-order valence-corrected chi connectivity index (χ1v) is 12.4. The Labute approximate surface area is 201 Å².